The lowest BCUT2D eigenvalue weighted by molar-refractivity contribution is -0.165. The van der Waals surface area contributed by atoms with E-state index in [-0.39, 0.29) is 18.1 Å². The number of alkyl halides is 3. The number of rotatable bonds is 8. The van der Waals surface area contributed by atoms with Crippen LogP contribution < -0.4 is 5.73 Å². The van der Waals surface area contributed by atoms with Crippen LogP contribution in [0.2, 0.25) is 0 Å². The number of nitrogens with zero attached hydrogens (tertiary/aromatic N) is 5. The molecule has 3 rings (SSSR count). The predicted octanol–water partition coefficient (Wildman–Crippen LogP) is 2.71. The number of halogens is 3. The van der Waals surface area contributed by atoms with Crippen molar-refractivity contribution >= 4 is 11.7 Å². The number of nitrogens with two attached hydrogens (primary N) is 1. The van der Waals surface area contributed by atoms with Gasteiger partial charge >= 0.3 is 6.18 Å². The molecule has 0 radical (unpaired) electrons. The van der Waals surface area contributed by atoms with E-state index in [0.717, 1.165) is 11.4 Å². The Morgan fingerprint density at radius 2 is 2.09 bits per heavy atom. The molecule has 0 aromatic carbocycles. The van der Waals surface area contributed by atoms with E-state index in [2.05, 4.69) is 15.2 Å². The van der Waals surface area contributed by atoms with Crippen molar-refractivity contribution in [2.24, 2.45) is 10.9 Å². The molecule has 0 aliphatic carbocycles. The lowest BCUT2D eigenvalue weighted by atomic mass is 10.2. The molecule has 9 nitrogen and oxygen atoms in total. The van der Waals surface area contributed by atoms with E-state index in [1.54, 1.807) is 16.8 Å². The number of carbonyl (C=O) groups is 1. The van der Waals surface area contributed by atoms with Crippen molar-refractivity contribution in [1.29, 1.82) is 0 Å². The van der Waals surface area contributed by atoms with Crippen LogP contribution in [0.25, 0.3) is 5.82 Å². The van der Waals surface area contributed by atoms with Crippen molar-refractivity contribution in [2.75, 3.05) is 13.2 Å². The average Bonchev–Trinajstić information content (AvgIpc) is 3.35. The number of hydrogen-bond acceptors (Lipinski definition) is 6. The third-order valence-corrected chi connectivity index (χ3v) is 4.27. The van der Waals surface area contributed by atoms with Crippen LogP contribution in [0.15, 0.2) is 52.4 Å². The van der Waals surface area contributed by atoms with E-state index >= 15 is 0 Å². The first kappa shape index (κ1) is 22.8. The fraction of sp³-hybridized carbons (Fsp3) is 0.300. The third kappa shape index (κ3) is 6.09. The Hall–Kier alpha value is -3.83. The zero-order chi connectivity index (χ0) is 23.3. The normalized spacial score (nSPS) is 12.1. The molecule has 3 heterocycles. The monoisotopic (exact) mass is 450 g/mol. The summed E-state index contributed by atoms with van der Waals surface area (Å²) in [7, 11) is 0. The SMILES string of the molecule is Cc1cc(C)n(-c2ccc(C(N)=NOCC(=O)N(Cc3ccco3)CC(F)(F)F)cn2)n1. The maximum Gasteiger partial charge on any atom is 0.406 e. The second-order valence-electron chi connectivity index (χ2n) is 6.94. The van der Waals surface area contributed by atoms with Gasteiger partial charge in [0.1, 0.15) is 12.3 Å². The maximum atomic E-state index is 12.8. The van der Waals surface area contributed by atoms with Crippen LogP contribution >= 0.6 is 0 Å². The molecule has 0 saturated heterocycles. The Labute approximate surface area is 181 Å². The van der Waals surface area contributed by atoms with Gasteiger partial charge in [-0.2, -0.15) is 18.3 Å². The number of aryl methyl sites for hydroxylation is 2. The first-order chi connectivity index (χ1) is 15.1. The average molecular weight is 450 g/mol. The van der Waals surface area contributed by atoms with E-state index in [1.165, 1.54) is 24.6 Å². The maximum absolute atomic E-state index is 12.8. The summed E-state index contributed by atoms with van der Waals surface area (Å²) < 4.78 is 45.1. The molecular weight excluding hydrogens is 429 g/mol. The van der Waals surface area contributed by atoms with Gasteiger partial charge in [0.2, 0.25) is 0 Å². The fourth-order valence-electron chi connectivity index (χ4n) is 2.86. The summed E-state index contributed by atoms with van der Waals surface area (Å²) in [4.78, 5) is 22.0. The number of pyridine rings is 1. The third-order valence-electron chi connectivity index (χ3n) is 4.27. The Bertz CT molecular complexity index is 1080. The van der Waals surface area contributed by atoms with Gasteiger partial charge in [-0.3, -0.25) is 4.79 Å². The summed E-state index contributed by atoms with van der Waals surface area (Å²) in [5.41, 5.74) is 8.00. The number of hydrogen-bond donors (Lipinski definition) is 1. The van der Waals surface area contributed by atoms with Gasteiger partial charge in [0.05, 0.1) is 18.5 Å². The molecule has 0 aliphatic heterocycles. The quantitative estimate of drug-likeness (QED) is 0.321. The van der Waals surface area contributed by atoms with Gasteiger partial charge in [-0.15, -0.1) is 0 Å². The van der Waals surface area contributed by atoms with Crippen LogP contribution in [0.3, 0.4) is 0 Å². The molecule has 3 aromatic heterocycles. The zero-order valence-corrected chi connectivity index (χ0v) is 17.3. The summed E-state index contributed by atoms with van der Waals surface area (Å²) in [5.74, 6) is -0.227. The van der Waals surface area contributed by atoms with E-state index in [9.17, 15) is 18.0 Å². The number of amidine groups is 1. The number of aromatic nitrogens is 3. The molecule has 0 unspecified atom stereocenters. The van der Waals surface area contributed by atoms with E-state index < -0.39 is 25.2 Å². The minimum absolute atomic E-state index is 0.0846. The molecule has 3 aromatic rings. The number of oxime groups is 1. The minimum atomic E-state index is -4.58. The standard InChI is InChI=1S/C20H21F3N6O3/c1-13-8-14(2)29(26-13)17-6-5-15(9-25-17)19(24)27-32-11-18(30)28(12-20(21,22)23)10-16-4-3-7-31-16/h3-9H,10-12H2,1-2H3,(H2,24,27). The summed E-state index contributed by atoms with van der Waals surface area (Å²) in [6.07, 6.45) is -1.83. The first-order valence-corrected chi connectivity index (χ1v) is 9.45. The second kappa shape index (κ2) is 9.54. The zero-order valence-electron chi connectivity index (χ0n) is 17.3. The predicted molar refractivity (Wildman–Crippen MR) is 108 cm³/mol. The molecule has 1 amide bonds. The molecule has 0 bridgehead atoms. The number of furan rings is 1. The minimum Gasteiger partial charge on any atom is -0.467 e. The Morgan fingerprint density at radius 1 is 1.31 bits per heavy atom. The van der Waals surface area contributed by atoms with Gasteiger partial charge in [-0.05, 0) is 44.2 Å². The highest BCUT2D eigenvalue weighted by molar-refractivity contribution is 5.96. The van der Waals surface area contributed by atoms with Crippen LogP contribution in [-0.4, -0.2) is 50.7 Å². The van der Waals surface area contributed by atoms with E-state index in [4.69, 9.17) is 15.0 Å². The van der Waals surface area contributed by atoms with E-state index in [0.29, 0.717) is 16.3 Å². The lowest BCUT2D eigenvalue weighted by Gasteiger charge is -2.22. The van der Waals surface area contributed by atoms with Gasteiger partial charge in [0.25, 0.3) is 5.91 Å². The van der Waals surface area contributed by atoms with Crippen LogP contribution in [-0.2, 0) is 16.2 Å². The van der Waals surface area contributed by atoms with Crippen LogP contribution in [0, 0.1) is 13.8 Å². The fourth-order valence-corrected chi connectivity index (χ4v) is 2.86. The van der Waals surface area contributed by atoms with Crippen molar-refractivity contribution in [3.8, 4) is 5.82 Å². The van der Waals surface area contributed by atoms with Gasteiger partial charge < -0.3 is 19.9 Å². The summed E-state index contributed by atoms with van der Waals surface area (Å²) >= 11 is 0. The second-order valence-corrected chi connectivity index (χ2v) is 6.94. The molecule has 0 saturated carbocycles. The Kier molecular flexibility index (Phi) is 6.81. The molecule has 32 heavy (non-hydrogen) atoms. The Morgan fingerprint density at radius 3 is 2.66 bits per heavy atom. The largest absolute Gasteiger partial charge is 0.467 e. The molecular formula is C20H21F3N6O3. The topological polar surface area (TPSA) is 112 Å². The van der Waals surface area contributed by atoms with Crippen LogP contribution in [0.5, 0.6) is 0 Å². The molecule has 0 aliphatic rings. The van der Waals surface area contributed by atoms with Crippen molar-refractivity contribution in [3.63, 3.8) is 0 Å². The summed E-state index contributed by atoms with van der Waals surface area (Å²) in [6.45, 7) is 1.23. The highest BCUT2D eigenvalue weighted by Crippen LogP contribution is 2.18. The van der Waals surface area contributed by atoms with Crippen LogP contribution in [0.4, 0.5) is 13.2 Å². The highest BCUT2D eigenvalue weighted by Gasteiger charge is 2.33. The van der Waals surface area contributed by atoms with Crippen molar-refractivity contribution < 1.29 is 27.2 Å². The summed E-state index contributed by atoms with van der Waals surface area (Å²) in [6, 6.07) is 8.20. The van der Waals surface area contributed by atoms with Gasteiger partial charge in [0.15, 0.2) is 18.3 Å². The van der Waals surface area contributed by atoms with Crippen molar-refractivity contribution in [3.05, 3.63) is 65.5 Å². The Balaban J connectivity index is 1.61. The van der Waals surface area contributed by atoms with E-state index in [1.807, 2.05) is 19.9 Å². The highest BCUT2D eigenvalue weighted by atomic mass is 19.4. The van der Waals surface area contributed by atoms with Crippen molar-refractivity contribution in [1.82, 2.24) is 19.7 Å². The van der Waals surface area contributed by atoms with Gasteiger partial charge in [0, 0.05) is 17.5 Å². The molecule has 12 heteroatoms. The molecule has 0 fully saturated rings. The van der Waals surface area contributed by atoms with Gasteiger partial charge in [-0.25, -0.2) is 9.67 Å². The molecule has 170 valence electrons. The molecule has 0 spiro atoms. The molecule has 2 N–H and O–H groups in total. The smallest absolute Gasteiger partial charge is 0.406 e. The van der Waals surface area contributed by atoms with Gasteiger partial charge in [-0.1, -0.05) is 5.16 Å². The van der Waals surface area contributed by atoms with Crippen molar-refractivity contribution in [2.45, 2.75) is 26.6 Å². The number of amides is 1. The summed E-state index contributed by atoms with van der Waals surface area (Å²) in [5, 5.41) is 7.95. The first-order valence-electron chi connectivity index (χ1n) is 9.45. The lowest BCUT2D eigenvalue weighted by Crippen LogP contribution is -2.40. The molecule has 0 atom stereocenters. The number of carbonyl (C=O) groups excluding carboxylic acids is 1. The van der Waals surface area contributed by atoms with Crippen LogP contribution in [0.1, 0.15) is 22.7 Å².